The SMILES string of the molecule is Cc1nn(C)cc1C1(O)CC2CCCC(C1)N2. The van der Waals surface area contributed by atoms with E-state index in [1.165, 1.54) is 19.3 Å². The third-order valence-electron chi connectivity index (χ3n) is 4.26. The molecule has 0 aliphatic carbocycles. The minimum absolute atomic E-state index is 0.479. The van der Waals surface area contributed by atoms with E-state index < -0.39 is 5.60 Å². The first kappa shape index (κ1) is 11.2. The monoisotopic (exact) mass is 235 g/mol. The van der Waals surface area contributed by atoms with Gasteiger partial charge in [0.05, 0.1) is 11.3 Å². The molecule has 3 rings (SSSR count). The van der Waals surface area contributed by atoms with E-state index in [1.54, 1.807) is 4.68 Å². The van der Waals surface area contributed by atoms with Crippen molar-refractivity contribution in [3.05, 3.63) is 17.5 Å². The second-order valence-electron chi connectivity index (χ2n) is 5.73. The van der Waals surface area contributed by atoms with Crippen molar-refractivity contribution < 1.29 is 5.11 Å². The second-order valence-corrected chi connectivity index (χ2v) is 5.73. The van der Waals surface area contributed by atoms with Crippen molar-refractivity contribution in [2.24, 2.45) is 7.05 Å². The highest BCUT2D eigenvalue weighted by Gasteiger charge is 2.43. The molecule has 1 aromatic heterocycles. The number of rotatable bonds is 1. The van der Waals surface area contributed by atoms with Gasteiger partial charge in [-0.25, -0.2) is 0 Å². The molecule has 2 unspecified atom stereocenters. The fourth-order valence-electron chi connectivity index (χ4n) is 3.61. The number of aryl methyl sites for hydroxylation is 2. The fourth-order valence-corrected chi connectivity index (χ4v) is 3.61. The number of aliphatic hydroxyl groups is 1. The smallest absolute Gasteiger partial charge is 0.0959 e. The molecule has 2 fully saturated rings. The number of nitrogens with one attached hydrogen (secondary N) is 1. The molecule has 0 spiro atoms. The highest BCUT2D eigenvalue weighted by Crippen LogP contribution is 2.40. The van der Waals surface area contributed by atoms with Crippen molar-refractivity contribution in [2.75, 3.05) is 0 Å². The summed E-state index contributed by atoms with van der Waals surface area (Å²) in [5.41, 5.74) is 1.33. The number of fused-ring (bicyclic) bond motifs is 2. The third-order valence-corrected chi connectivity index (χ3v) is 4.26. The summed E-state index contributed by atoms with van der Waals surface area (Å²) in [5.74, 6) is 0. The predicted molar refractivity (Wildman–Crippen MR) is 65.6 cm³/mol. The van der Waals surface area contributed by atoms with Crippen LogP contribution in [-0.4, -0.2) is 27.0 Å². The molecule has 4 nitrogen and oxygen atoms in total. The number of piperidine rings is 2. The van der Waals surface area contributed by atoms with E-state index >= 15 is 0 Å². The summed E-state index contributed by atoms with van der Waals surface area (Å²) < 4.78 is 1.81. The minimum Gasteiger partial charge on any atom is -0.385 e. The maximum atomic E-state index is 10.9. The van der Waals surface area contributed by atoms with E-state index in [1.807, 2.05) is 20.2 Å². The molecule has 17 heavy (non-hydrogen) atoms. The van der Waals surface area contributed by atoms with Crippen LogP contribution in [0.15, 0.2) is 6.20 Å². The molecule has 2 aliphatic heterocycles. The summed E-state index contributed by atoms with van der Waals surface area (Å²) in [6.07, 6.45) is 7.32. The molecule has 2 bridgehead atoms. The van der Waals surface area contributed by atoms with Crippen LogP contribution in [-0.2, 0) is 12.6 Å². The van der Waals surface area contributed by atoms with Crippen LogP contribution in [0.3, 0.4) is 0 Å². The maximum Gasteiger partial charge on any atom is 0.0959 e. The van der Waals surface area contributed by atoms with Gasteiger partial charge < -0.3 is 10.4 Å². The standard InChI is InChI=1S/C13H21N3O/c1-9-12(8-16(2)15-9)13(17)6-10-4-3-5-11(7-13)14-10/h8,10-11,14,17H,3-7H2,1-2H3. The van der Waals surface area contributed by atoms with Crippen molar-refractivity contribution in [1.82, 2.24) is 15.1 Å². The topological polar surface area (TPSA) is 50.1 Å². The molecule has 0 aromatic carbocycles. The Morgan fingerprint density at radius 3 is 2.59 bits per heavy atom. The van der Waals surface area contributed by atoms with Crippen molar-refractivity contribution in [1.29, 1.82) is 0 Å². The number of hydrogen-bond donors (Lipinski definition) is 2. The van der Waals surface area contributed by atoms with Crippen LogP contribution in [0.2, 0.25) is 0 Å². The van der Waals surface area contributed by atoms with E-state index in [9.17, 15) is 5.11 Å². The Morgan fingerprint density at radius 2 is 2.06 bits per heavy atom. The van der Waals surface area contributed by atoms with Gasteiger partial charge in [0.15, 0.2) is 0 Å². The molecule has 1 aromatic rings. The van der Waals surface area contributed by atoms with Crippen LogP contribution >= 0.6 is 0 Å². The van der Waals surface area contributed by atoms with E-state index in [-0.39, 0.29) is 0 Å². The molecule has 3 heterocycles. The first-order chi connectivity index (χ1) is 8.07. The largest absolute Gasteiger partial charge is 0.385 e. The summed E-state index contributed by atoms with van der Waals surface area (Å²) in [5, 5.41) is 18.9. The van der Waals surface area contributed by atoms with Crippen LogP contribution in [0, 0.1) is 6.92 Å². The molecule has 94 valence electrons. The molecule has 0 amide bonds. The molecule has 2 aliphatic rings. The average Bonchev–Trinajstić information content (AvgIpc) is 2.57. The quantitative estimate of drug-likeness (QED) is 0.769. The first-order valence-corrected chi connectivity index (χ1v) is 6.56. The summed E-state index contributed by atoms with van der Waals surface area (Å²) in [6, 6.07) is 0.958. The molecule has 0 radical (unpaired) electrons. The van der Waals surface area contributed by atoms with Gasteiger partial charge in [0.25, 0.3) is 0 Å². The van der Waals surface area contributed by atoms with Gasteiger partial charge in [0, 0.05) is 30.9 Å². The van der Waals surface area contributed by atoms with Gasteiger partial charge in [-0.3, -0.25) is 4.68 Å². The fraction of sp³-hybridized carbons (Fsp3) is 0.769. The number of hydrogen-bond acceptors (Lipinski definition) is 3. The zero-order chi connectivity index (χ0) is 12.0. The lowest BCUT2D eigenvalue weighted by molar-refractivity contribution is -0.0363. The molecule has 2 N–H and O–H groups in total. The zero-order valence-electron chi connectivity index (χ0n) is 10.6. The Kier molecular flexibility index (Phi) is 2.52. The van der Waals surface area contributed by atoms with E-state index in [4.69, 9.17) is 0 Å². The van der Waals surface area contributed by atoms with Crippen LogP contribution in [0.5, 0.6) is 0 Å². The minimum atomic E-state index is -0.667. The molecule has 2 saturated heterocycles. The van der Waals surface area contributed by atoms with Crippen molar-refractivity contribution in [3.8, 4) is 0 Å². The lowest BCUT2D eigenvalue weighted by Gasteiger charge is -2.45. The third kappa shape index (κ3) is 1.89. The Morgan fingerprint density at radius 1 is 1.41 bits per heavy atom. The average molecular weight is 235 g/mol. The Balaban J connectivity index is 1.93. The summed E-state index contributed by atoms with van der Waals surface area (Å²) in [6.45, 7) is 1.99. The van der Waals surface area contributed by atoms with E-state index in [0.29, 0.717) is 12.1 Å². The van der Waals surface area contributed by atoms with Gasteiger partial charge >= 0.3 is 0 Å². The predicted octanol–water partition coefficient (Wildman–Crippen LogP) is 1.22. The second kappa shape index (κ2) is 3.82. The van der Waals surface area contributed by atoms with Crippen LogP contribution in [0.25, 0.3) is 0 Å². The van der Waals surface area contributed by atoms with Crippen molar-refractivity contribution in [2.45, 2.75) is 56.7 Å². The number of aromatic nitrogens is 2. The Labute approximate surface area is 102 Å². The van der Waals surface area contributed by atoms with Gasteiger partial charge in [-0.15, -0.1) is 0 Å². The molecule has 4 heteroatoms. The summed E-state index contributed by atoms with van der Waals surface area (Å²) >= 11 is 0. The lowest BCUT2D eigenvalue weighted by Crippen LogP contribution is -2.54. The molecule has 0 saturated carbocycles. The van der Waals surface area contributed by atoms with Crippen molar-refractivity contribution in [3.63, 3.8) is 0 Å². The first-order valence-electron chi connectivity index (χ1n) is 6.56. The van der Waals surface area contributed by atoms with E-state index in [0.717, 1.165) is 24.1 Å². The molecule has 2 atom stereocenters. The van der Waals surface area contributed by atoms with Gasteiger partial charge in [-0.1, -0.05) is 6.42 Å². The maximum absolute atomic E-state index is 10.9. The molecular weight excluding hydrogens is 214 g/mol. The van der Waals surface area contributed by atoms with Gasteiger partial charge in [-0.2, -0.15) is 5.10 Å². The Bertz CT molecular complexity index is 414. The van der Waals surface area contributed by atoms with Crippen molar-refractivity contribution >= 4 is 0 Å². The normalized spacial score (nSPS) is 37.1. The van der Waals surface area contributed by atoms with E-state index in [2.05, 4.69) is 10.4 Å². The lowest BCUT2D eigenvalue weighted by atomic mass is 9.74. The molecular formula is C13H21N3O. The summed E-state index contributed by atoms with van der Waals surface area (Å²) in [7, 11) is 1.92. The van der Waals surface area contributed by atoms with Gasteiger partial charge in [0.2, 0.25) is 0 Å². The zero-order valence-corrected chi connectivity index (χ0v) is 10.6. The number of nitrogens with zero attached hydrogens (tertiary/aromatic N) is 2. The highest BCUT2D eigenvalue weighted by molar-refractivity contribution is 5.25. The van der Waals surface area contributed by atoms with Gasteiger partial charge in [0.1, 0.15) is 0 Å². The van der Waals surface area contributed by atoms with Crippen LogP contribution in [0.1, 0.15) is 43.4 Å². The highest BCUT2D eigenvalue weighted by atomic mass is 16.3. The van der Waals surface area contributed by atoms with Crippen LogP contribution in [0.4, 0.5) is 0 Å². The summed E-state index contributed by atoms with van der Waals surface area (Å²) in [4.78, 5) is 0. The van der Waals surface area contributed by atoms with Gasteiger partial charge in [-0.05, 0) is 32.6 Å². The Hall–Kier alpha value is -0.870. The van der Waals surface area contributed by atoms with Crippen LogP contribution < -0.4 is 5.32 Å².